The normalized spacial score (nSPS) is 19.0. The minimum atomic E-state index is -0.455. The van der Waals surface area contributed by atoms with Gasteiger partial charge < -0.3 is 14.5 Å². The van der Waals surface area contributed by atoms with Gasteiger partial charge in [0.15, 0.2) is 0 Å². The summed E-state index contributed by atoms with van der Waals surface area (Å²) in [5.74, 6) is 0.642. The Hall–Kier alpha value is -2.04. The number of rotatable bonds is 3. The van der Waals surface area contributed by atoms with Gasteiger partial charge in [-0.3, -0.25) is 9.59 Å². The van der Waals surface area contributed by atoms with Crippen LogP contribution >= 0.6 is 0 Å². The standard InChI is InChI=1S/C18H26N2O3/c1-13-17(22)20(14-8-6-7-9-15(14)23-5)11-10-19(13)16(21)12-18(2,3)4/h6-9,13H,10-12H2,1-5H3. The van der Waals surface area contributed by atoms with Gasteiger partial charge in [0.25, 0.3) is 0 Å². The van der Waals surface area contributed by atoms with Gasteiger partial charge in [-0.2, -0.15) is 0 Å². The number of anilines is 1. The molecule has 1 heterocycles. The summed E-state index contributed by atoms with van der Waals surface area (Å²) in [4.78, 5) is 28.6. The minimum Gasteiger partial charge on any atom is -0.495 e. The Bertz CT molecular complexity index is 592. The number of hydrogen-bond acceptors (Lipinski definition) is 3. The number of methoxy groups -OCH3 is 1. The van der Waals surface area contributed by atoms with E-state index in [4.69, 9.17) is 4.74 Å². The summed E-state index contributed by atoms with van der Waals surface area (Å²) in [5, 5.41) is 0. The molecule has 126 valence electrons. The van der Waals surface area contributed by atoms with E-state index in [-0.39, 0.29) is 17.2 Å². The molecule has 5 nitrogen and oxygen atoms in total. The van der Waals surface area contributed by atoms with Gasteiger partial charge in [-0.1, -0.05) is 32.9 Å². The Labute approximate surface area is 138 Å². The topological polar surface area (TPSA) is 49.9 Å². The third-order valence-corrected chi connectivity index (χ3v) is 4.03. The monoisotopic (exact) mass is 318 g/mol. The molecule has 1 fully saturated rings. The maximum atomic E-state index is 12.8. The number of nitrogens with zero attached hydrogens (tertiary/aromatic N) is 2. The van der Waals surface area contributed by atoms with Gasteiger partial charge in [-0.25, -0.2) is 0 Å². The number of hydrogen-bond donors (Lipinski definition) is 0. The third-order valence-electron chi connectivity index (χ3n) is 4.03. The van der Waals surface area contributed by atoms with Crippen molar-refractivity contribution >= 4 is 17.5 Å². The summed E-state index contributed by atoms with van der Waals surface area (Å²) in [5.41, 5.74) is 0.675. The highest BCUT2D eigenvalue weighted by molar-refractivity contribution is 6.01. The van der Waals surface area contributed by atoms with Crippen LogP contribution in [0.15, 0.2) is 24.3 Å². The van der Waals surface area contributed by atoms with E-state index in [2.05, 4.69) is 0 Å². The van der Waals surface area contributed by atoms with Crippen LogP contribution in [-0.4, -0.2) is 43.0 Å². The molecular formula is C18H26N2O3. The van der Waals surface area contributed by atoms with Crippen molar-refractivity contribution in [2.45, 2.75) is 40.2 Å². The predicted octanol–water partition coefficient (Wildman–Crippen LogP) is 2.70. The lowest BCUT2D eigenvalue weighted by atomic mass is 9.91. The van der Waals surface area contributed by atoms with Crippen molar-refractivity contribution in [3.05, 3.63) is 24.3 Å². The number of benzene rings is 1. The molecule has 1 aromatic carbocycles. The molecule has 0 aliphatic carbocycles. The molecule has 1 aromatic rings. The first-order valence-electron chi connectivity index (χ1n) is 7.98. The summed E-state index contributed by atoms with van der Waals surface area (Å²) < 4.78 is 5.35. The van der Waals surface area contributed by atoms with Crippen molar-refractivity contribution in [2.24, 2.45) is 5.41 Å². The van der Waals surface area contributed by atoms with E-state index in [0.29, 0.717) is 25.3 Å². The van der Waals surface area contributed by atoms with Gasteiger partial charge >= 0.3 is 0 Å². The number of amides is 2. The van der Waals surface area contributed by atoms with Crippen LogP contribution in [0.1, 0.15) is 34.1 Å². The number of ether oxygens (including phenoxy) is 1. The first-order chi connectivity index (χ1) is 10.7. The van der Waals surface area contributed by atoms with E-state index in [1.165, 1.54) is 0 Å². The lowest BCUT2D eigenvalue weighted by molar-refractivity contribution is -0.142. The molecule has 0 N–H and O–H groups in total. The SMILES string of the molecule is COc1ccccc1N1CCN(C(=O)CC(C)(C)C)C(C)C1=O. The maximum Gasteiger partial charge on any atom is 0.249 e. The van der Waals surface area contributed by atoms with Crippen LogP contribution in [0.5, 0.6) is 5.75 Å². The second kappa shape index (κ2) is 6.60. The molecule has 0 saturated carbocycles. The zero-order valence-electron chi connectivity index (χ0n) is 14.6. The van der Waals surface area contributed by atoms with Crippen molar-refractivity contribution in [1.29, 1.82) is 0 Å². The van der Waals surface area contributed by atoms with Crippen molar-refractivity contribution in [2.75, 3.05) is 25.1 Å². The highest BCUT2D eigenvalue weighted by Crippen LogP contribution is 2.30. The van der Waals surface area contributed by atoms with Crippen LogP contribution in [0.3, 0.4) is 0 Å². The Morgan fingerprint density at radius 1 is 1.26 bits per heavy atom. The number of carbonyl (C=O) groups is 2. The molecule has 0 aromatic heterocycles. The number of para-hydroxylation sites is 2. The number of piperazine rings is 1. The van der Waals surface area contributed by atoms with Gasteiger partial charge in [0.2, 0.25) is 11.8 Å². The average Bonchev–Trinajstić information content (AvgIpc) is 2.48. The highest BCUT2D eigenvalue weighted by Gasteiger charge is 2.36. The van der Waals surface area contributed by atoms with Crippen LogP contribution in [0.2, 0.25) is 0 Å². The molecule has 2 amide bonds. The Morgan fingerprint density at radius 3 is 2.52 bits per heavy atom. The summed E-state index contributed by atoms with van der Waals surface area (Å²) in [7, 11) is 1.59. The summed E-state index contributed by atoms with van der Waals surface area (Å²) in [6, 6.07) is 7.01. The Balaban J connectivity index is 2.17. The zero-order chi connectivity index (χ0) is 17.2. The van der Waals surface area contributed by atoms with E-state index < -0.39 is 6.04 Å². The fourth-order valence-corrected chi connectivity index (χ4v) is 2.86. The molecule has 23 heavy (non-hydrogen) atoms. The first-order valence-corrected chi connectivity index (χ1v) is 7.98. The molecular weight excluding hydrogens is 292 g/mol. The minimum absolute atomic E-state index is 0.0398. The fraction of sp³-hybridized carbons (Fsp3) is 0.556. The second-order valence-corrected chi connectivity index (χ2v) is 7.16. The Kier molecular flexibility index (Phi) is 4.97. The summed E-state index contributed by atoms with van der Waals surface area (Å²) in [6.07, 6.45) is 0.444. The average molecular weight is 318 g/mol. The fourth-order valence-electron chi connectivity index (χ4n) is 2.86. The van der Waals surface area contributed by atoms with E-state index in [9.17, 15) is 9.59 Å². The summed E-state index contributed by atoms with van der Waals surface area (Å²) >= 11 is 0. The maximum absolute atomic E-state index is 12.8. The van der Waals surface area contributed by atoms with E-state index in [0.717, 1.165) is 5.69 Å². The van der Waals surface area contributed by atoms with E-state index in [1.807, 2.05) is 45.0 Å². The third kappa shape index (κ3) is 3.84. The van der Waals surface area contributed by atoms with Gasteiger partial charge in [0.05, 0.1) is 12.8 Å². The van der Waals surface area contributed by atoms with Crippen molar-refractivity contribution in [1.82, 2.24) is 4.90 Å². The molecule has 1 unspecified atom stereocenters. The van der Waals surface area contributed by atoms with Crippen LogP contribution in [-0.2, 0) is 9.59 Å². The molecule has 1 aliphatic heterocycles. The second-order valence-electron chi connectivity index (χ2n) is 7.16. The van der Waals surface area contributed by atoms with Crippen molar-refractivity contribution in [3.63, 3.8) is 0 Å². The van der Waals surface area contributed by atoms with Gasteiger partial charge in [0.1, 0.15) is 11.8 Å². The van der Waals surface area contributed by atoms with Gasteiger partial charge in [-0.15, -0.1) is 0 Å². The number of carbonyl (C=O) groups excluding carboxylic acids is 2. The molecule has 1 saturated heterocycles. The quantitative estimate of drug-likeness (QED) is 0.861. The molecule has 0 radical (unpaired) electrons. The van der Waals surface area contributed by atoms with E-state index in [1.54, 1.807) is 23.8 Å². The van der Waals surface area contributed by atoms with Crippen LogP contribution in [0, 0.1) is 5.41 Å². The molecule has 2 rings (SSSR count). The highest BCUT2D eigenvalue weighted by atomic mass is 16.5. The van der Waals surface area contributed by atoms with Crippen molar-refractivity contribution < 1.29 is 14.3 Å². The lowest BCUT2D eigenvalue weighted by Crippen LogP contribution is -2.58. The predicted molar refractivity (Wildman–Crippen MR) is 90.6 cm³/mol. The first kappa shape index (κ1) is 17.3. The summed E-state index contributed by atoms with van der Waals surface area (Å²) in [6.45, 7) is 8.91. The van der Waals surface area contributed by atoms with Gasteiger partial charge in [0, 0.05) is 19.5 Å². The molecule has 0 bridgehead atoms. The molecule has 5 heteroatoms. The molecule has 0 spiro atoms. The van der Waals surface area contributed by atoms with E-state index >= 15 is 0 Å². The van der Waals surface area contributed by atoms with Crippen LogP contribution in [0.25, 0.3) is 0 Å². The smallest absolute Gasteiger partial charge is 0.249 e. The van der Waals surface area contributed by atoms with Crippen molar-refractivity contribution in [3.8, 4) is 5.75 Å². The molecule has 1 aliphatic rings. The zero-order valence-corrected chi connectivity index (χ0v) is 14.6. The lowest BCUT2D eigenvalue weighted by Gasteiger charge is -2.40. The largest absolute Gasteiger partial charge is 0.495 e. The van der Waals surface area contributed by atoms with Gasteiger partial charge in [-0.05, 0) is 24.5 Å². The molecule has 1 atom stereocenters. The van der Waals surface area contributed by atoms with Crippen LogP contribution in [0.4, 0.5) is 5.69 Å². The van der Waals surface area contributed by atoms with Crippen LogP contribution < -0.4 is 9.64 Å². The Morgan fingerprint density at radius 2 is 1.91 bits per heavy atom.